The van der Waals surface area contributed by atoms with Crippen LogP contribution < -0.4 is 0 Å². The molecule has 2 rings (SSSR count). The van der Waals surface area contributed by atoms with Gasteiger partial charge in [0.1, 0.15) is 9.26 Å². The largest absolute Gasteiger partial charge is 0.478 e. The predicted octanol–water partition coefficient (Wildman–Crippen LogP) is 3.19. The van der Waals surface area contributed by atoms with Gasteiger partial charge in [-0.25, -0.2) is 9.48 Å². The number of hydrogen-bond acceptors (Lipinski definition) is 2. The maximum absolute atomic E-state index is 12.4. The summed E-state index contributed by atoms with van der Waals surface area (Å²) >= 11 is 1.78. The topological polar surface area (TPSA) is 55.1 Å². The summed E-state index contributed by atoms with van der Waals surface area (Å²) in [5, 5.41) is 12.7. The lowest BCUT2D eigenvalue weighted by atomic mass is 10.2. The van der Waals surface area contributed by atoms with E-state index in [0.29, 0.717) is 9.39 Å². The Kier molecular flexibility index (Phi) is 3.52. The van der Waals surface area contributed by atoms with Gasteiger partial charge in [-0.05, 0) is 46.9 Å². The average Bonchev–Trinajstić information content (AvgIpc) is 2.70. The van der Waals surface area contributed by atoms with Crippen molar-refractivity contribution >= 4 is 28.6 Å². The molecule has 0 bridgehead atoms. The molecule has 0 fully saturated rings. The highest BCUT2D eigenvalue weighted by Gasteiger charge is 2.30. The van der Waals surface area contributed by atoms with Crippen LogP contribution >= 0.6 is 22.6 Å². The predicted molar refractivity (Wildman–Crippen MR) is 68.2 cm³/mol. The van der Waals surface area contributed by atoms with Gasteiger partial charge in [0.2, 0.25) is 0 Å². The minimum Gasteiger partial charge on any atom is -0.478 e. The summed E-state index contributed by atoms with van der Waals surface area (Å²) in [7, 11) is 0. The summed E-state index contributed by atoms with van der Waals surface area (Å²) < 4.78 is 38.8. The Morgan fingerprint density at radius 3 is 2.26 bits per heavy atom. The zero-order valence-electron chi connectivity index (χ0n) is 9.15. The highest BCUT2D eigenvalue weighted by atomic mass is 127. The Labute approximate surface area is 119 Å². The lowest BCUT2D eigenvalue weighted by molar-refractivity contribution is -0.137. The standard InChI is InChI=1S/C11H6F3IN2O2/c12-11(13,14)6-1-3-7(4-2-6)17-9(15)8(5-16-17)10(18)19/h1-5H,(H,18,19). The number of nitrogens with zero attached hydrogens (tertiary/aromatic N) is 2. The molecule has 19 heavy (non-hydrogen) atoms. The lowest BCUT2D eigenvalue weighted by Crippen LogP contribution is -2.06. The van der Waals surface area contributed by atoms with E-state index in [-0.39, 0.29) is 5.56 Å². The Morgan fingerprint density at radius 1 is 1.26 bits per heavy atom. The zero-order valence-corrected chi connectivity index (χ0v) is 11.3. The molecule has 0 spiro atoms. The molecule has 2 aromatic rings. The van der Waals surface area contributed by atoms with Crippen molar-refractivity contribution in [1.82, 2.24) is 9.78 Å². The first-order valence-electron chi connectivity index (χ1n) is 4.95. The first-order chi connectivity index (χ1) is 8.80. The fourth-order valence-electron chi connectivity index (χ4n) is 1.45. The average molecular weight is 382 g/mol. The molecule has 1 N–H and O–H groups in total. The normalized spacial score (nSPS) is 11.6. The van der Waals surface area contributed by atoms with Crippen molar-refractivity contribution in [3.8, 4) is 5.69 Å². The minimum absolute atomic E-state index is 0.000461. The second-order valence-corrected chi connectivity index (χ2v) is 4.63. The van der Waals surface area contributed by atoms with Gasteiger partial charge in [-0.1, -0.05) is 0 Å². The van der Waals surface area contributed by atoms with E-state index in [2.05, 4.69) is 5.10 Å². The van der Waals surface area contributed by atoms with Gasteiger partial charge in [0, 0.05) is 0 Å². The molecule has 0 aliphatic rings. The second kappa shape index (κ2) is 4.83. The van der Waals surface area contributed by atoms with Gasteiger partial charge in [0.25, 0.3) is 0 Å². The molecule has 4 nitrogen and oxygen atoms in total. The number of hydrogen-bond donors (Lipinski definition) is 1. The van der Waals surface area contributed by atoms with Crippen LogP contribution in [0.5, 0.6) is 0 Å². The van der Waals surface area contributed by atoms with Crippen molar-refractivity contribution in [3.05, 3.63) is 45.3 Å². The Hall–Kier alpha value is -1.58. The summed E-state index contributed by atoms with van der Waals surface area (Å²) in [5.41, 5.74) is -0.401. The van der Waals surface area contributed by atoms with E-state index in [9.17, 15) is 18.0 Å². The second-order valence-electron chi connectivity index (χ2n) is 3.61. The van der Waals surface area contributed by atoms with Crippen LogP contribution in [0.25, 0.3) is 5.69 Å². The van der Waals surface area contributed by atoms with Gasteiger partial charge in [-0.15, -0.1) is 0 Å². The van der Waals surface area contributed by atoms with Crippen molar-refractivity contribution < 1.29 is 23.1 Å². The Bertz CT molecular complexity index is 620. The molecule has 1 aromatic carbocycles. The van der Waals surface area contributed by atoms with Crippen LogP contribution in [0, 0.1) is 3.70 Å². The molecular formula is C11H6F3IN2O2. The van der Waals surface area contributed by atoms with Crippen molar-refractivity contribution in [1.29, 1.82) is 0 Å². The van der Waals surface area contributed by atoms with E-state index in [1.54, 1.807) is 22.6 Å². The molecule has 1 heterocycles. The number of aromatic nitrogens is 2. The molecule has 0 aliphatic heterocycles. The van der Waals surface area contributed by atoms with E-state index in [1.165, 1.54) is 16.8 Å². The number of carboxylic acid groups (broad SMARTS) is 1. The van der Waals surface area contributed by atoms with E-state index < -0.39 is 17.7 Å². The van der Waals surface area contributed by atoms with Gasteiger partial charge in [0.05, 0.1) is 17.4 Å². The highest BCUT2D eigenvalue weighted by Crippen LogP contribution is 2.29. The fraction of sp³-hybridized carbons (Fsp3) is 0.0909. The molecular weight excluding hydrogens is 376 g/mol. The summed E-state index contributed by atoms with van der Waals surface area (Å²) in [6, 6.07) is 4.33. The number of aromatic carboxylic acids is 1. The first kappa shape index (κ1) is 13.8. The van der Waals surface area contributed by atoms with Crippen LogP contribution in [-0.2, 0) is 6.18 Å². The maximum atomic E-state index is 12.4. The van der Waals surface area contributed by atoms with Crippen molar-refractivity contribution in [2.45, 2.75) is 6.18 Å². The van der Waals surface area contributed by atoms with Gasteiger partial charge in [0.15, 0.2) is 0 Å². The molecule has 0 amide bonds. The minimum atomic E-state index is -4.40. The third kappa shape index (κ3) is 2.72. The van der Waals surface area contributed by atoms with Crippen LogP contribution in [0.2, 0.25) is 0 Å². The van der Waals surface area contributed by atoms with Crippen LogP contribution in [0.4, 0.5) is 13.2 Å². The van der Waals surface area contributed by atoms with E-state index in [4.69, 9.17) is 5.11 Å². The molecule has 0 saturated heterocycles. The monoisotopic (exact) mass is 382 g/mol. The number of carboxylic acids is 1. The van der Waals surface area contributed by atoms with Gasteiger partial charge in [-0.2, -0.15) is 18.3 Å². The van der Waals surface area contributed by atoms with Crippen molar-refractivity contribution in [2.75, 3.05) is 0 Å². The third-order valence-corrected chi connectivity index (χ3v) is 3.42. The molecule has 0 unspecified atom stereocenters. The summed E-state index contributed by atoms with van der Waals surface area (Å²) in [4.78, 5) is 10.8. The van der Waals surface area contributed by atoms with Crippen LogP contribution in [-0.4, -0.2) is 20.9 Å². The summed E-state index contributed by atoms with van der Waals surface area (Å²) in [6.07, 6.45) is -3.25. The zero-order chi connectivity index (χ0) is 14.2. The Morgan fingerprint density at radius 2 is 1.84 bits per heavy atom. The van der Waals surface area contributed by atoms with Crippen LogP contribution in [0.3, 0.4) is 0 Å². The highest BCUT2D eigenvalue weighted by molar-refractivity contribution is 14.1. The number of benzene rings is 1. The maximum Gasteiger partial charge on any atom is 0.416 e. The summed E-state index contributed by atoms with van der Waals surface area (Å²) in [6.45, 7) is 0. The number of halogens is 4. The molecule has 8 heteroatoms. The molecule has 0 atom stereocenters. The smallest absolute Gasteiger partial charge is 0.416 e. The molecule has 1 aromatic heterocycles. The van der Waals surface area contributed by atoms with E-state index in [0.717, 1.165) is 18.3 Å². The number of alkyl halides is 3. The molecule has 0 radical (unpaired) electrons. The van der Waals surface area contributed by atoms with Gasteiger partial charge < -0.3 is 5.11 Å². The van der Waals surface area contributed by atoms with Crippen molar-refractivity contribution in [2.24, 2.45) is 0 Å². The summed E-state index contributed by atoms with van der Waals surface area (Å²) in [5.74, 6) is -1.14. The van der Waals surface area contributed by atoms with Gasteiger partial charge in [-0.3, -0.25) is 0 Å². The fourth-order valence-corrected chi connectivity index (χ4v) is 2.22. The SMILES string of the molecule is O=C(O)c1cnn(-c2ccc(C(F)(F)F)cc2)c1I. The van der Waals surface area contributed by atoms with Crippen LogP contribution in [0.15, 0.2) is 30.5 Å². The van der Waals surface area contributed by atoms with Crippen LogP contribution in [0.1, 0.15) is 15.9 Å². The first-order valence-corrected chi connectivity index (χ1v) is 6.03. The molecule has 0 aliphatic carbocycles. The lowest BCUT2D eigenvalue weighted by Gasteiger charge is -2.08. The third-order valence-electron chi connectivity index (χ3n) is 2.38. The van der Waals surface area contributed by atoms with E-state index in [1.807, 2.05) is 0 Å². The van der Waals surface area contributed by atoms with Gasteiger partial charge >= 0.3 is 12.1 Å². The molecule has 0 saturated carbocycles. The quantitative estimate of drug-likeness (QED) is 0.812. The number of rotatable bonds is 2. The van der Waals surface area contributed by atoms with Crippen molar-refractivity contribution in [3.63, 3.8) is 0 Å². The molecule has 100 valence electrons. The van der Waals surface area contributed by atoms with E-state index >= 15 is 0 Å². The number of carbonyl (C=O) groups is 1. The Balaban J connectivity index is 2.41.